The van der Waals surface area contributed by atoms with Gasteiger partial charge in [0.1, 0.15) is 5.78 Å². The summed E-state index contributed by atoms with van der Waals surface area (Å²) >= 11 is 0. The van der Waals surface area contributed by atoms with Crippen molar-refractivity contribution in [3.8, 4) is 0 Å². The lowest BCUT2D eigenvalue weighted by Crippen LogP contribution is -2.33. The average molecular weight is 451 g/mol. The number of nitrogens with zero attached hydrogens (tertiary/aromatic N) is 2. The van der Waals surface area contributed by atoms with Crippen molar-refractivity contribution in [1.29, 1.82) is 0 Å². The minimum Gasteiger partial charge on any atom is -0.372 e. The third-order valence-electron chi connectivity index (χ3n) is 6.39. The Balaban J connectivity index is 0.000000214. The number of piperidine rings is 2. The molecule has 2 aromatic carbocycles. The van der Waals surface area contributed by atoms with Crippen molar-refractivity contribution in [3.05, 3.63) is 60.7 Å². The number of carbonyl (C=O) groups is 1. The van der Waals surface area contributed by atoms with E-state index < -0.39 is 0 Å². The molecule has 0 bridgehead atoms. The van der Waals surface area contributed by atoms with Crippen LogP contribution < -0.4 is 9.80 Å². The second kappa shape index (κ2) is 16.3. The molecule has 0 aromatic heterocycles. The van der Waals surface area contributed by atoms with Crippen LogP contribution in [0.4, 0.5) is 11.4 Å². The van der Waals surface area contributed by atoms with Gasteiger partial charge in [0.05, 0.1) is 0 Å². The second-order valence-corrected chi connectivity index (χ2v) is 9.33. The molecule has 0 radical (unpaired) electrons. The van der Waals surface area contributed by atoms with Gasteiger partial charge in [0.15, 0.2) is 0 Å². The fourth-order valence-corrected chi connectivity index (χ4v) is 4.45. The summed E-state index contributed by atoms with van der Waals surface area (Å²) in [6, 6.07) is 21.1. The Labute approximate surface area is 203 Å². The first-order chi connectivity index (χ1) is 16.2. The van der Waals surface area contributed by atoms with E-state index in [0.29, 0.717) is 18.6 Å². The van der Waals surface area contributed by atoms with Gasteiger partial charge in [-0.1, -0.05) is 89.3 Å². The normalized spacial score (nSPS) is 16.4. The van der Waals surface area contributed by atoms with Crippen molar-refractivity contribution in [2.45, 2.75) is 78.6 Å². The number of benzene rings is 2. The van der Waals surface area contributed by atoms with Crippen molar-refractivity contribution in [2.75, 3.05) is 36.0 Å². The lowest BCUT2D eigenvalue weighted by molar-refractivity contribution is -0.119. The molecule has 2 aromatic rings. The quantitative estimate of drug-likeness (QED) is 0.420. The Morgan fingerprint density at radius 2 is 1.15 bits per heavy atom. The first kappa shape index (κ1) is 27.0. The summed E-state index contributed by atoms with van der Waals surface area (Å²) in [7, 11) is 0. The summed E-state index contributed by atoms with van der Waals surface area (Å²) in [6.45, 7) is 10.8. The first-order valence-electron chi connectivity index (χ1n) is 13.3. The van der Waals surface area contributed by atoms with E-state index in [2.05, 4.69) is 73.0 Å². The SMILES string of the molecule is CCC.CCCCCC1CCN(c2ccccc2)CC1.O=C1CCN(c2ccccc2)CC1. The molecule has 2 heterocycles. The van der Waals surface area contributed by atoms with E-state index in [1.54, 1.807) is 0 Å². The van der Waals surface area contributed by atoms with Gasteiger partial charge in [0.2, 0.25) is 0 Å². The molecule has 33 heavy (non-hydrogen) atoms. The topological polar surface area (TPSA) is 23.6 Å². The Bertz CT molecular complexity index is 728. The molecule has 0 N–H and O–H groups in total. The van der Waals surface area contributed by atoms with Crippen LogP contribution in [0, 0.1) is 5.92 Å². The highest BCUT2D eigenvalue weighted by Crippen LogP contribution is 2.26. The molecule has 2 saturated heterocycles. The fourth-order valence-electron chi connectivity index (χ4n) is 4.45. The van der Waals surface area contributed by atoms with Crippen molar-refractivity contribution < 1.29 is 4.79 Å². The van der Waals surface area contributed by atoms with Crippen molar-refractivity contribution in [3.63, 3.8) is 0 Å². The van der Waals surface area contributed by atoms with E-state index >= 15 is 0 Å². The van der Waals surface area contributed by atoms with Crippen LogP contribution in [0.2, 0.25) is 0 Å². The van der Waals surface area contributed by atoms with Gasteiger partial charge in [0, 0.05) is 50.4 Å². The second-order valence-electron chi connectivity index (χ2n) is 9.33. The Kier molecular flexibility index (Phi) is 13.4. The van der Waals surface area contributed by atoms with Crippen LogP contribution in [0.3, 0.4) is 0 Å². The maximum absolute atomic E-state index is 11.0. The molecule has 2 fully saturated rings. The predicted molar refractivity (Wildman–Crippen MR) is 144 cm³/mol. The molecule has 182 valence electrons. The molecule has 3 heteroatoms. The van der Waals surface area contributed by atoms with Crippen LogP contribution in [0.25, 0.3) is 0 Å². The average Bonchev–Trinajstić information content (AvgIpc) is 2.87. The van der Waals surface area contributed by atoms with E-state index in [4.69, 9.17) is 0 Å². The molecule has 0 aliphatic carbocycles. The van der Waals surface area contributed by atoms with Crippen LogP contribution in [-0.2, 0) is 4.79 Å². The third-order valence-corrected chi connectivity index (χ3v) is 6.39. The smallest absolute Gasteiger partial charge is 0.136 e. The summed E-state index contributed by atoms with van der Waals surface area (Å²) < 4.78 is 0. The molecule has 0 unspecified atom stereocenters. The molecule has 2 aliphatic rings. The largest absolute Gasteiger partial charge is 0.372 e. The highest BCUT2D eigenvalue weighted by molar-refractivity contribution is 5.81. The molecule has 0 atom stereocenters. The van der Waals surface area contributed by atoms with Crippen LogP contribution in [0.15, 0.2) is 60.7 Å². The van der Waals surface area contributed by atoms with Gasteiger partial charge < -0.3 is 9.80 Å². The number of rotatable bonds is 6. The molecule has 0 spiro atoms. The first-order valence-corrected chi connectivity index (χ1v) is 13.3. The van der Waals surface area contributed by atoms with E-state index in [-0.39, 0.29) is 0 Å². The molecule has 0 amide bonds. The Hall–Kier alpha value is -2.29. The summed E-state index contributed by atoms with van der Waals surface area (Å²) in [6.07, 6.45) is 11.1. The van der Waals surface area contributed by atoms with E-state index in [0.717, 1.165) is 19.0 Å². The minimum atomic E-state index is 0.396. The Morgan fingerprint density at radius 3 is 1.61 bits per heavy atom. The number of carbonyl (C=O) groups excluding carboxylic acids is 1. The molecular formula is C30H46N2O. The number of anilines is 2. The van der Waals surface area contributed by atoms with Crippen LogP contribution in [0.1, 0.15) is 78.6 Å². The standard InChI is InChI=1S/C16H25N.C11H13NO.C3H8/c1-2-3-5-8-15-11-13-17(14-12-15)16-9-6-4-7-10-16;13-11-6-8-12(9-7-11)10-4-2-1-3-5-10;1-3-2/h4,6-7,9-10,15H,2-3,5,8,11-14H2,1H3;1-5H,6-9H2;3H2,1-2H3. The van der Waals surface area contributed by atoms with Crippen LogP contribution in [-0.4, -0.2) is 32.0 Å². The maximum atomic E-state index is 11.0. The zero-order chi connectivity index (χ0) is 23.7. The number of para-hydroxylation sites is 2. The summed E-state index contributed by atoms with van der Waals surface area (Å²) in [5.74, 6) is 1.38. The molecule has 4 rings (SSSR count). The minimum absolute atomic E-state index is 0.396. The van der Waals surface area contributed by atoms with Gasteiger partial charge in [0.25, 0.3) is 0 Å². The summed E-state index contributed by atoms with van der Waals surface area (Å²) in [5.41, 5.74) is 2.63. The van der Waals surface area contributed by atoms with E-state index in [1.807, 2.05) is 18.2 Å². The van der Waals surface area contributed by atoms with Crippen molar-refractivity contribution in [1.82, 2.24) is 0 Å². The lowest BCUT2D eigenvalue weighted by atomic mass is 9.91. The van der Waals surface area contributed by atoms with Crippen LogP contribution >= 0.6 is 0 Å². The van der Waals surface area contributed by atoms with Gasteiger partial charge in [-0.25, -0.2) is 0 Å². The van der Waals surface area contributed by atoms with Gasteiger partial charge in [-0.3, -0.25) is 4.79 Å². The highest BCUT2D eigenvalue weighted by Gasteiger charge is 2.18. The molecule has 3 nitrogen and oxygen atoms in total. The van der Waals surface area contributed by atoms with Crippen molar-refractivity contribution in [2.24, 2.45) is 5.92 Å². The predicted octanol–water partition coefficient (Wildman–Crippen LogP) is 7.76. The number of unbranched alkanes of at least 4 members (excludes halogenated alkanes) is 2. The zero-order valence-electron chi connectivity index (χ0n) is 21.3. The molecule has 2 aliphatic heterocycles. The fraction of sp³-hybridized carbons (Fsp3) is 0.567. The number of hydrogen-bond donors (Lipinski definition) is 0. The third kappa shape index (κ3) is 10.5. The molecular weight excluding hydrogens is 404 g/mol. The summed E-state index contributed by atoms with van der Waals surface area (Å²) in [4.78, 5) is 15.8. The van der Waals surface area contributed by atoms with Gasteiger partial charge in [-0.05, 0) is 43.0 Å². The Morgan fingerprint density at radius 1 is 0.697 bits per heavy atom. The van der Waals surface area contributed by atoms with Gasteiger partial charge in [-0.2, -0.15) is 0 Å². The van der Waals surface area contributed by atoms with Crippen LogP contribution in [0.5, 0.6) is 0 Å². The number of ketones is 1. The van der Waals surface area contributed by atoms with Gasteiger partial charge >= 0.3 is 0 Å². The number of hydrogen-bond acceptors (Lipinski definition) is 3. The highest BCUT2D eigenvalue weighted by atomic mass is 16.1. The molecule has 0 saturated carbocycles. The maximum Gasteiger partial charge on any atom is 0.136 e. The lowest BCUT2D eigenvalue weighted by Gasteiger charge is -2.33. The summed E-state index contributed by atoms with van der Waals surface area (Å²) in [5, 5.41) is 0. The van der Waals surface area contributed by atoms with E-state index in [9.17, 15) is 4.79 Å². The number of Topliss-reactive ketones (excluding diaryl/α,β-unsaturated/α-hetero) is 1. The van der Waals surface area contributed by atoms with Gasteiger partial charge in [-0.15, -0.1) is 0 Å². The van der Waals surface area contributed by atoms with E-state index in [1.165, 1.54) is 69.4 Å². The van der Waals surface area contributed by atoms with Crippen molar-refractivity contribution >= 4 is 17.2 Å². The monoisotopic (exact) mass is 450 g/mol. The zero-order valence-corrected chi connectivity index (χ0v) is 21.3.